The van der Waals surface area contributed by atoms with Gasteiger partial charge < -0.3 is 10.1 Å². The van der Waals surface area contributed by atoms with Crippen molar-refractivity contribution in [3.63, 3.8) is 0 Å². The maximum absolute atomic E-state index is 16.5. The zero-order valence-corrected chi connectivity index (χ0v) is 24.6. The first kappa shape index (κ1) is 28.9. The van der Waals surface area contributed by atoms with Gasteiger partial charge in [0.05, 0.1) is 28.8 Å². The lowest BCUT2D eigenvalue weighted by Gasteiger charge is -2.25. The minimum Gasteiger partial charge on any atom is -0.482 e. The Morgan fingerprint density at radius 3 is 2.67 bits per heavy atom. The van der Waals surface area contributed by atoms with E-state index in [2.05, 4.69) is 25.3 Å². The van der Waals surface area contributed by atoms with Gasteiger partial charge in [-0.05, 0) is 75.6 Å². The molecule has 5 heterocycles. The summed E-state index contributed by atoms with van der Waals surface area (Å²) in [6.07, 6.45) is 7.37. The molecule has 6 rings (SSSR count). The second-order valence-electron chi connectivity index (χ2n) is 11.4. The third-order valence-corrected chi connectivity index (χ3v) is 8.13. The minimum atomic E-state index is -0.918. The standard InChI is InChI=1S/C31H29ClF2N6O3/c1-16(41)39-31(2,3)30-35-11-10-21(38-30)27-25(34)28-18(14-36-27)6-4-5-7-20-13-23(24(32)29(42)40(20)28)43-22-9-8-17-12-19(33)15-37-26(17)22/h10-15,22H,4-9H2,1-3H3,(H,39,41). The highest BCUT2D eigenvalue weighted by molar-refractivity contribution is 6.31. The lowest BCUT2D eigenvalue weighted by atomic mass is 10.0. The molecule has 2 aliphatic rings. The molecule has 0 radical (unpaired) electrons. The van der Waals surface area contributed by atoms with Gasteiger partial charge in [-0.15, -0.1) is 0 Å². The number of halogens is 3. The average Bonchev–Trinajstić information content (AvgIpc) is 3.34. The summed E-state index contributed by atoms with van der Waals surface area (Å²) in [7, 11) is 0. The number of carbonyl (C=O) groups excluding carboxylic acids is 1. The highest BCUT2D eigenvalue weighted by atomic mass is 35.5. The summed E-state index contributed by atoms with van der Waals surface area (Å²) in [6, 6.07) is 4.65. The second-order valence-corrected chi connectivity index (χ2v) is 11.7. The number of aryl methyl sites for hydroxylation is 3. The highest BCUT2D eigenvalue weighted by Gasteiger charge is 2.31. The van der Waals surface area contributed by atoms with Crippen LogP contribution in [0.25, 0.3) is 17.1 Å². The normalized spacial score (nSPS) is 16.0. The van der Waals surface area contributed by atoms with E-state index in [0.717, 1.165) is 24.6 Å². The van der Waals surface area contributed by atoms with Crippen LogP contribution in [0.5, 0.6) is 5.75 Å². The van der Waals surface area contributed by atoms with Gasteiger partial charge in [-0.2, -0.15) is 0 Å². The van der Waals surface area contributed by atoms with Crippen molar-refractivity contribution in [3.05, 3.63) is 92.1 Å². The molecule has 1 atom stereocenters. The van der Waals surface area contributed by atoms with E-state index in [-0.39, 0.29) is 39.6 Å². The number of nitrogens with zero attached hydrogens (tertiary/aromatic N) is 5. The van der Waals surface area contributed by atoms with Crippen molar-refractivity contribution in [3.8, 4) is 22.8 Å². The number of pyridine rings is 3. The number of aromatic nitrogens is 5. The lowest BCUT2D eigenvalue weighted by molar-refractivity contribution is -0.120. The Labute approximate surface area is 251 Å². The summed E-state index contributed by atoms with van der Waals surface area (Å²) in [5, 5.41) is 2.60. The number of hydrogen-bond donors (Lipinski definition) is 1. The van der Waals surface area contributed by atoms with Crippen LogP contribution in [0.2, 0.25) is 5.02 Å². The molecular formula is C31H29ClF2N6O3. The van der Waals surface area contributed by atoms with E-state index >= 15 is 4.39 Å². The van der Waals surface area contributed by atoms with Crippen LogP contribution >= 0.6 is 11.6 Å². The van der Waals surface area contributed by atoms with Gasteiger partial charge in [0, 0.05) is 31.1 Å². The van der Waals surface area contributed by atoms with E-state index in [1.807, 2.05) is 0 Å². The van der Waals surface area contributed by atoms with Crippen molar-refractivity contribution in [2.24, 2.45) is 0 Å². The van der Waals surface area contributed by atoms with Crippen LogP contribution in [0.4, 0.5) is 8.78 Å². The molecule has 1 unspecified atom stereocenters. The first-order valence-electron chi connectivity index (χ1n) is 14.1. The predicted molar refractivity (Wildman–Crippen MR) is 155 cm³/mol. The number of ether oxygens (including phenoxy) is 1. The van der Waals surface area contributed by atoms with Crippen LogP contribution in [0, 0.1) is 11.6 Å². The number of carbonyl (C=O) groups is 1. The largest absolute Gasteiger partial charge is 0.482 e. The van der Waals surface area contributed by atoms with Crippen molar-refractivity contribution >= 4 is 17.5 Å². The number of fused-ring (bicyclic) bond motifs is 4. The first-order valence-corrected chi connectivity index (χ1v) is 14.5. The summed E-state index contributed by atoms with van der Waals surface area (Å²) in [4.78, 5) is 43.0. The Balaban J connectivity index is 1.44. The van der Waals surface area contributed by atoms with Gasteiger partial charge in [0.1, 0.15) is 28.4 Å². The van der Waals surface area contributed by atoms with E-state index in [9.17, 15) is 14.0 Å². The Hall–Kier alpha value is -4.25. The van der Waals surface area contributed by atoms with Crippen LogP contribution in [0.15, 0.2) is 41.6 Å². The molecule has 4 aromatic heterocycles. The molecule has 0 spiro atoms. The Morgan fingerprint density at radius 1 is 1.09 bits per heavy atom. The zero-order valence-electron chi connectivity index (χ0n) is 23.9. The third kappa shape index (κ3) is 5.37. The molecule has 4 aromatic rings. The molecule has 1 aliphatic carbocycles. The van der Waals surface area contributed by atoms with Gasteiger partial charge in [-0.25, -0.2) is 18.7 Å². The number of rotatable bonds is 5. The third-order valence-electron chi connectivity index (χ3n) is 7.78. The van der Waals surface area contributed by atoms with Crippen LogP contribution in [-0.2, 0) is 29.6 Å². The second kappa shape index (κ2) is 11.1. The Bertz CT molecular complexity index is 1830. The molecule has 12 heteroatoms. The van der Waals surface area contributed by atoms with Crippen LogP contribution < -0.4 is 15.6 Å². The summed E-state index contributed by atoms with van der Waals surface area (Å²) >= 11 is 6.61. The van der Waals surface area contributed by atoms with Gasteiger partial charge in [0.25, 0.3) is 5.56 Å². The summed E-state index contributed by atoms with van der Waals surface area (Å²) < 4.78 is 37.7. The number of nitrogens with one attached hydrogen (secondary N) is 1. The maximum atomic E-state index is 16.5. The van der Waals surface area contributed by atoms with Gasteiger partial charge >= 0.3 is 0 Å². The van der Waals surface area contributed by atoms with Gasteiger partial charge in [0.15, 0.2) is 11.6 Å². The fourth-order valence-electron chi connectivity index (χ4n) is 5.83. The molecule has 1 aliphatic heterocycles. The molecule has 9 nitrogen and oxygen atoms in total. The molecule has 0 saturated heterocycles. The SMILES string of the molecule is CC(=O)NC(C)(C)c1nccc(-c2ncc3c(c2F)-n2c(cc(OC4CCc5cc(F)cnc54)c(Cl)c2=O)CCCC3)n1. The topological polar surface area (TPSA) is 112 Å². The Morgan fingerprint density at radius 2 is 1.88 bits per heavy atom. The van der Waals surface area contributed by atoms with Gasteiger partial charge in [-0.3, -0.25) is 24.1 Å². The van der Waals surface area contributed by atoms with Crippen LogP contribution in [0.3, 0.4) is 0 Å². The van der Waals surface area contributed by atoms with E-state index in [4.69, 9.17) is 16.3 Å². The monoisotopic (exact) mass is 606 g/mol. The molecule has 1 amide bonds. The fourth-order valence-corrected chi connectivity index (χ4v) is 6.01. The van der Waals surface area contributed by atoms with Crippen molar-refractivity contribution in [1.82, 2.24) is 29.8 Å². The summed E-state index contributed by atoms with van der Waals surface area (Å²) in [6.45, 7) is 4.88. The van der Waals surface area contributed by atoms with E-state index in [0.29, 0.717) is 42.6 Å². The average molecular weight is 607 g/mol. The van der Waals surface area contributed by atoms with Crippen molar-refractivity contribution < 1.29 is 18.3 Å². The minimum absolute atomic E-state index is 0.0585. The number of amides is 1. The smallest absolute Gasteiger partial charge is 0.278 e. The van der Waals surface area contributed by atoms with E-state index in [1.165, 1.54) is 29.8 Å². The first-order chi connectivity index (χ1) is 20.5. The molecule has 0 fully saturated rings. The summed E-state index contributed by atoms with van der Waals surface area (Å²) in [5.41, 5.74) is 1.16. The molecule has 0 aromatic carbocycles. The molecule has 0 bridgehead atoms. The van der Waals surface area contributed by atoms with Crippen LogP contribution in [0.1, 0.15) is 74.5 Å². The van der Waals surface area contributed by atoms with Gasteiger partial charge in [-0.1, -0.05) is 11.6 Å². The summed E-state index contributed by atoms with van der Waals surface area (Å²) in [5.74, 6) is -0.935. The predicted octanol–water partition coefficient (Wildman–Crippen LogP) is 5.33. The molecule has 0 saturated carbocycles. The number of hydrogen-bond acceptors (Lipinski definition) is 7. The molecule has 1 N–H and O–H groups in total. The Kier molecular flexibility index (Phi) is 7.45. The lowest BCUT2D eigenvalue weighted by Crippen LogP contribution is -2.41. The molecule has 43 heavy (non-hydrogen) atoms. The van der Waals surface area contributed by atoms with E-state index in [1.54, 1.807) is 26.1 Å². The molecule has 222 valence electrons. The van der Waals surface area contributed by atoms with Crippen LogP contribution in [-0.4, -0.2) is 30.4 Å². The van der Waals surface area contributed by atoms with Crippen molar-refractivity contribution in [1.29, 1.82) is 0 Å². The molecular weight excluding hydrogens is 578 g/mol. The quantitative estimate of drug-likeness (QED) is 0.327. The van der Waals surface area contributed by atoms with Crippen molar-refractivity contribution in [2.75, 3.05) is 0 Å². The zero-order chi connectivity index (χ0) is 30.5. The van der Waals surface area contributed by atoms with Crippen molar-refractivity contribution in [2.45, 2.75) is 70.9 Å². The maximum Gasteiger partial charge on any atom is 0.278 e. The fraction of sp³-hybridized carbons (Fsp3) is 0.355. The highest BCUT2D eigenvalue weighted by Crippen LogP contribution is 2.37. The van der Waals surface area contributed by atoms with Gasteiger partial charge in [0.2, 0.25) is 5.91 Å². The van der Waals surface area contributed by atoms with E-state index < -0.39 is 28.8 Å².